The van der Waals surface area contributed by atoms with E-state index in [0.29, 0.717) is 0 Å². The van der Waals surface area contributed by atoms with Crippen molar-refractivity contribution in [1.29, 1.82) is 0 Å². The number of aromatic nitrogens is 1. The van der Waals surface area contributed by atoms with Crippen LogP contribution in [0, 0.1) is 10.1 Å². The molecule has 0 spiro atoms. The van der Waals surface area contributed by atoms with E-state index in [1.54, 1.807) is 6.92 Å². The van der Waals surface area contributed by atoms with Gasteiger partial charge in [0.05, 0.1) is 9.75 Å². The first kappa shape index (κ1) is 11.1. The average molecular weight is 280 g/mol. The first-order valence-corrected chi connectivity index (χ1v) is 5.29. The lowest BCUT2D eigenvalue weighted by atomic mass is 10.5. The molecule has 0 bridgehead atoms. The van der Waals surface area contributed by atoms with Gasteiger partial charge in [0.1, 0.15) is 6.20 Å². The highest BCUT2D eigenvalue weighted by Gasteiger charge is 2.15. The van der Waals surface area contributed by atoms with Crippen LogP contribution in [-0.2, 0) is 4.79 Å². The van der Waals surface area contributed by atoms with Gasteiger partial charge in [-0.1, -0.05) is 15.9 Å². The van der Waals surface area contributed by atoms with Crippen molar-refractivity contribution < 1.29 is 9.72 Å². The van der Waals surface area contributed by atoms with E-state index >= 15 is 0 Å². The molecule has 8 heteroatoms. The number of carbonyl (C=O) groups is 1. The summed E-state index contributed by atoms with van der Waals surface area (Å²) in [6, 6.07) is 0. The maximum Gasteiger partial charge on any atom is 0.345 e. The number of hydrogen-bond acceptors (Lipinski definition) is 5. The van der Waals surface area contributed by atoms with Gasteiger partial charge >= 0.3 is 5.00 Å². The van der Waals surface area contributed by atoms with Gasteiger partial charge in [0.25, 0.3) is 0 Å². The molecule has 0 saturated carbocycles. The number of nitrogens with zero attached hydrogens (tertiary/aromatic N) is 2. The molecule has 1 heterocycles. The van der Waals surface area contributed by atoms with Crippen molar-refractivity contribution in [1.82, 2.24) is 4.98 Å². The van der Waals surface area contributed by atoms with Gasteiger partial charge in [0, 0.05) is 0 Å². The summed E-state index contributed by atoms with van der Waals surface area (Å²) in [5.74, 6) is -0.283. The van der Waals surface area contributed by atoms with Crippen LogP contribution in [0.15, 0.2) is 6.20 Å². The summed E-state index contributed by atoms with van der Waals surface area (Å²) in [6.45, 7) is 1.65. The number of thiazole rings is 1. The van der Waals surface area contributed by atoms with Crippen molar-refractivity contribution in [2.24, 2.45) is 0 Å². The van der Waals surface area contributed by atoms with Gasteiger partial charge in [0.2, 0.25) is 5.91 Å². The van der Waals surface area contributed by atoms with Gasteiger partial charge in [-0.15, -0.1) is 0 Å². The van der Waals surface area contributed by atoms with E-state index < -0.39 is 4.92 Å². The number of nitrogens with one attached hydrogen (secondary N) is 1. The topological polar surface area (TPSA) is 85.1 Å². The van der Waals surface area contributed by atoms with Crippen molar-refractivity contribution in [2.45, 2.75) is 11.8 Å². The summed E-state index contributed by atoms with van der Waals surface area (Å²) < 4.78 is 0. The van der Waals surface area contributed by atoms with E-state index in [1.165, 1.54) is 0 Å². The second-order valence-corrected chi connectivity index (χ2v) is 4.75. The fourth-order valence-corrected chi connectivity index (χ4v) is 1.36. The van der Waals surface area contributed by atoms with Gasteiger partial charge in [-0.3, -0.25) is 14.9 Å². The summed E-state index contributed by atoms with van der Waals surface area (Å²) in [4.78, 5) is 24.2. The Hall–Kier alpha value is -1.02. The van der Waals surface area contributed by atoms with Crippen LogP contribution in [0.25, 0.3) is 0 Å². The van der Waals surface area contributed by atoms with Crippen LogP contribution in [-0.4, -0.2) is 20.6 Å². The lowest BCUT2D eigenvalue weighted by molar-refractivity contribution is -0.380. The van der Waals surface area contributed by atoms with E-state index in [2.05, 4.69) is 26.2 Å². The Morgan fingerprint density at radius 2 is 2.50 bits per heavy atom. The number of halogens is 1. The zero-order valence-corrected chi connectivity index (χ0v) is 9.46. The number of carbonyl (C=O) groups excluding carboxylic acids is 1. The van der Waals surface area contributed by atoms with Crippen LogP contribution in [0.3, 0.4) is 0 Å². The van der Waals surface area contributed by atoms with E-state index in [0.717, 1.165) is 17.5 Å². The van der Waals surface area contributed by atoms with Gasteiger partial charge < -0.3 is 5.32 Å². The highest BCUT2D eigenvalue weighted by molar-refractivity contribution is 9.10. The molecule has 0 saturated heterocycles. The van der Waals surface area contributed by atoms with E-state index in [1.807, 2.05) is 0 Å². The summed E-state index contributed by atoms with van der Waals surface area (Å²) >= 11 is 3.89. The van der Waals surface area contributed by atoms with E-state index in [9.17, 15) is 14.9 Å². The third-order valence-corrected chi connectivity index (χ3v) is 2.55. The van der Waals surface area contributed by atoms with Crippen molar-refractivity contribution in [3.8, 4) is 0 Å². The minimum atomic E-state index is -0.551. The molecule has 1 N–H and O–H groups in total. The van der Waals surface area contributed by atoms with Gasteiger partial charge in [-0.25, -0.2) is 4.98 Å². The molecular formula is C6H6BrN3O3S. The zero-order valence-electron chi connectivity index (χ0n) is 7.06. The highest BCUT2D eigenvalue weighted by atomic mass is 79.9. The molecule has 1 aromatic rings. The summed E-state index contributed by atoms with van der Waals surface area (Å²) in [7, 11) is 0. The SMILES string of the molecule is C[C@H](Br)C(=O)Nc1ncc([N+](=O)[O-])s1. The second kappa shape index (κ2) is 4.47. The molecular weight excluding hydrogens is 274 g/mol. The molecule has 1 amide bonds. The van der Waals surface area contributed by atoms with Crippen LogP contribution in [0.2, 0.25) is 0 Å². The number of anilines is 1. The number of nitro groups is 1. The first-order valence-electron chi connectivity index (χ1n) is 3.56. The van der Waals surface area contributed by atoms with Crippen LogP contribution >= 0.6 is 27.3 Å². The molecule has 0 aromatic carbocycles. The molecule has 0 aliphatic rings. The number of alkyl halides is 1. The van der Waals surface area contributed by atoms with Crippen molar-refractivity contribution in [3.05, 3.63) is 16.3 Å². The monoisotopic (exact) mass is 279 g/mol. The van der Waals surface area contributed by atoms with Crippen molar-refractivity contribution in [3.63, 3.8) is 0 Å². The molecule has 0 fully saturated rings. The minimum Gasteiger partial charge on any atom is -0.301 e. The Morgan fingerprint density at radius 3 is 2.93 bits per heavy atom. The molecule has 0 aliphatic heterocycles. The third-order valence-electron chi connectivity index (χ3n) is 1.26. The van der Waals surface area contributed by atoms with Crippen LogP contribution in [0.1, 0.15) is 6.92 Å². The largest absolute Gasteiger partial charge is 0.345 e. The molecule has 1 atom stereocenters. The van der Waals surface area contributed by atoms with Gasteiger partial charge in [-0.2, -0.15) is 0 Å². The fourth-order valence-electron chi connectivity index (χ4n) is 0.613. The van der Waals surface area contributed by atoms with Crippen LogP contribution < -0.4 is 5.32 Å². The van der Waals surface area contributed by atoms with Crippen molar-refractivity contribution in [2.75, 3.05) is 5.32 Å². The maximum absolute atomic E-state index is 11.1. The predicted molar refractivity (Wildman–Crippen MR) is 55.8 cm³/mol. The second-order valence-electron chi connectivity index (χ2n) is 2.37. The van der Waals surface area contributed by atoms with E-state index in [4.69, 9.17) is 0 Å². The van der Waals surface area contributed by atoms with Crippen LogP contribution in [0.4, 0.5) is 10.1 Å². The maximum atomic E-state index is 11.1. The molecule has 0 unspecified atom stereocenters. The zero-order chi connectivity index (χ0) is 10.7. The average Bonchev–Trinajstić information content (AvgIpc) is 2.52. The molecule has 6 nitrogen and oxygen atoms in total. The lowest BCUT2D eigenvalue weighted by Crippen LogP contribution is -2.19. The lowest BCUT2D eigenvalue weighted by Gasteiger charge is -2.00. The highest BCUT2D eigenvalue weighted by Crippen LogP contribution is 2.25. The van der Waals surface area contributed by atoms with Gasteiger partial charge in [0.15, 0.2) is 5.13 Å². The molecule has 0 aliphatic carbocycles. The standard InChI is InChI=1S/C6H6BrN3O3S/c1-3(7)5(11)9-6-8-2-4(14-6)10(12)13/h2-3H,1H3,(H,8,9,11)/t3-/m0/s1. The predicted octanol–water partition coefficient (Wildman–Crippen LogP) is 1.77. The normalized spacial score (nSPS) is 12.1. The molecule has 1 rings (SSSR count). The van der Waals surface area contributed by atoms with Gasteiger partial charge in [-0.05, 0) is 18.3 Å². The Kier molecular flexibility index (Phi) is 3.53. The smallest absolute Gasteiger partial charge is 0.301 e. The first-order chi connectivity index (χ1) is 6.50. The Bertz CT molecular complexity index is 365. The third kappa shape index (κ3) is 2.74. The summed E-state index contributed by atoms with van der Waals surface area (Å²) in [6.07, 6.45) is 1.11. The molecule has 0 radical (unpaired) electrons. The number of rotatable bonds is 3. The quantitative estimate of drug-likeness (QED) is 0.519. The minimum absolute atomic E-state index is 0.0949. The van der Waals surface area contributed by atoms with Crippen molar-refractivity contribution >= 4 is 43.3 Å². The van der Waals surface area contributed by atoms with E-state index in [-0.39, 0.29) is 20.9 Å². The number of hydrogen-bond donors (Lipinski definition) is 1. The number of amides is 1. The molecule has 76 valence electrons. The summed E-state index contributed by atoms with van der Waals surface area (Å²) in [5, 5.41) is 12.9. The molecule has 14 heavy (non-hydrogen) atoms. The Labute approximate surface area is 91.6 Å². The summed E-state index contributed by atoms with van der Waals surface area (Å²) in [5.41, 5.74) is 0. The molecule has 1 aromatic heterocycles. The Balaban J connectivity index is 2.69. The van der Waals surface area contributed by atoms with Crippen LogP contribution in [0.5, 0.6) is 0 Å². The Morgan fingerprint density at radius 1 is 1.86 bits per heavy atom. The fraction of sp³-hybridized carbons (Fsp3) is 0.333.